The minimum atomic E-state index is 0. The van der Waals surface area contributed by atoms with Gasteiger partial charge in [0.1, 0.15) is 0 Å². The van der Waals surface area contributed by atoms with Gasteiger partial charge in [-0.2, -0.15) is 0 Å². The van der Waals surface area contributed by atoms with Crippen molar-refractivity contribution in [2.75, 3.05) is 0 Å². The van der Waals surface area contributed by atoms with Crippen LogP contribution >= 0.6 is 0 Å². The number of hydrogen-bond acceptors (Lipinski definition) is 1. The summed E-state index contributed by atoms with van der Waals surface area (Å²) >= 11 is 0. The standard InChI is InChI=1S/C8H10N.C2H6.Rf/c1-7-4-3-5-8(2)9-6-7;1-2;/h3-4,6-7H,1-2H3;1-2H3;/q-1;;. The second-order valence-electron chi connectivity index (χ2n) is 2.23. The zero-order chi connectivity index (χ0) is 8.69. The van der Waals surface area contributed by atoms with Crippen LogP contribution in [0.4, 0.5) is 0 Å². The van der Waals surface area contributed by atoms with Crippen LogP contribution in [0.15, 0.2) is 22.8 Å². The second kappa shape index (κ2) is 7.26. The smallest absolute Gasteiger partial charge is 0 e. The number of nitrogens with zero attached hydrogens (tertiary/aromatic N) is 1. The molecule has 1 nitrogen and oxygen atoms in total. The maximum Gasteiger partial charge on any atom is 0 e. The van der Waals surface area contributed by atoms with Crippen LogP contribution < -0.4 is 0 Å². The summed E-state index contributed by atoms with van der Waals surface area (Å²) in [6.45, 7) is 8.04. The van der Waals surface area contributed by atoms with E-state index in [1.54, 1.807) is 0 Å². The van der Waals surface area contributed by atoms with E-state index in [1.165, 1.54) is 0 Å². The van der Waals surface area contributed by atoms with Crippen LogP contribution in [0.2, 0.25) is 0 Å². The number of allylic oxidation sites excluding steroid dienone is 4. The molecule has 1 unspecified atom stereocenters. The second-order valence-corrected chi connectivity index (χ2v) is 2.23. The van der Waals surface area contributed by atoms with Gasteiger partial charge in [-0.25, -0.2) is 18.2 Å². The molecule has 0 amide bonds. The van der Waals surface area contributed by atoms with Crippen molar-refractivity contribution in [2.45, 2.75) is 27.7 Å². The SMILES string of the molecule is CC.CC1=[C-]C=CC(C)C=N1.[Rf]. The van der Waals surface area contributed by atoms with E-state index in [1.807, 2.05) is 33.1 Å². The topological polar surface area (TPSA) is 12.4 Å². The van der Waals surface area contributed by atoms with E-state index in [-0.39, 0.29) is 0 Å². The zero-order valence-electron chi connectivity index (χ0n) is 8.46. The summed E-state index contributed by atoms with van der Waals surface area (Å²) in [6.07, 6.45) is 8.93. The summed E-state index contributed by atoms with van der Waals surface area (Å²) in [5.41, 5.74) is 0.954. The zero-order valence-corrected chi connectivity index (χ0v) is 14.9. The molecule has 0 aliphatic carbocycles. The Morgan fingerprint density at radius 3 is 2.58 bits per heavy atom. The summed E-state index contributed by atoms with van der Waals surface area (Å²) in [5, 5.41) is 0. The third kappa shape index (κ3) is 4.98. The molecule has 0 aromatic heterocycles. The summed E-state index contributed by atoms with van der Waals surface area (Å²) < 4.78 is 0. The molecule has 0 fully saturated rings. The minimum Gasteiger partial charge on any atom is -0.287 e. The molecule has 0 saturated carbocycles. The van der Waals surface area contributed by atoms with Gasteiger partial charge in [0.25, 0.3) is 0 Å². The predicted molar refractivity (Wildman–Crippen MR) is 50.6 cm³/mol. The number of rotatable bonds is 0. The molecule has 0 aromatic carbocycles. The van der Waals surface area contributed by atoms with Crippen LogP contribution in [0.3, 0.4) is 0 Å². The fourth-order valence-electron chi connectivity index (χ4n) is 0.637. The quantitative estimate of drug-likeness (QED) is 0.538. The molecule has 1 atom stereocenters. The largest absolute Gasteiger partial charge is 0.287 e. The Morgan fingerprint density at radius 2 is 2.00 bits per heavy atom. The van der Waals surface area contributed by atoms with Crippen LogP contribution in [0.5, 0.6) is 0 Å². The van der Waals surface area contributed by atoms with Gasteiger partial charge in [0.05, 0.1) is 0 Å². The molecule has 0 aromatic rings. The van der Waals surface area contributed by atoms with Crippen LogP contribution in [0.1, 0.15) is 27.7 Å². The Labute approximate surface area is 69.5 Å². The molecular weight excluding hydrogens is 401 g/mol. The van der Waals surface area contributed by atoms with Gasteiger partial charge < -0.3 is 0 Å². The summed E-state index contributed by atoms with van der Waals surface area (Å²) in [7, 11) is 0. The first-order valence-electron chi connectivity index (χ1n) is 4.10. The van der Waals surface area contributed by atoms with E-state index >= 15 is 0 Å². The van der Waals surface area contributed by atoms with Crippen molar-refractivity contribution < 1.29 is 0 Å². The Morgan fingerprint density at radius 1 is 1.42 bits per heavy atom. The van der Waals surface area contributed by atoms with Gasteiger partial charge >= 0.3 is 0 Å². The Kier molecular flexibility index (Phi) is 7.74. The maximum absolute atomic E-state index is 4.12. The average molecular weight is 417 g/mol. The van der Waals surface area contributed by atoms with Crippen molar-refractivity contribution in [1.82, 2.24) is 0 Å². The average Bonchev–Trinajstić information content (AvgIpc) is 2.20. The molecule has 1 rings (SSSR count). The fourth-order valence-corrected chi connectivity index (χ4v) is 0.637. The van der Waals surface area contributed by atoms with Gasteiger partial charge in [-0.1, -0.05) is 32.4 Å². The van der Waals surface area contributed by atoms with Crippen LogP contribution in [0, 0.1) is 12.0 Å². The molecule has 1 aliphatic heterocycles. The Hall–Kier alpha value is -1.85. The molecule has 2 heteroatoms. The third-order valence-corrected chi connectivity index (χ3v) is 1.20. The van der Waals surface area contributed by atoms with Gasteiger partial charge in [0.2, 0.25) is 0 Å². The minimum absolute atomic E-state index is 0. The monoisotopic (exact) mass is 417 g/mol. The third-order valence-electron chi connectivity index (χ3n) is 1.20. The molecular formula is C10H16NRf-. The van der Waals surface area contributed by atoms with Crippen molar-refractivity contribution in [3.63, 3.8) is 0 Å². The summed E-state index contributed by atoms with van der Waals surface area (Å²) in [5.74, 6) is 0.454. The summed E-state index contributed by atoms with van der Waals surface area (Å²) in [6, 6.07) is 0. The first-order valence-corrected chi connectivity index (χ1v) is 4.10. The summed E-state index contributed by atoms with van der Waals surface area (Å²) in [4.78, 5) is 4.12. The Balaban J connectivity index is 0. The number of hydrogen-bond donors (Lipinski definition) is 0. The molecule has 0 saturated heterocycles. The Bertz CT molecular complexity index is 180. The fraction of sp³-hybridized carbons (Fsp3) is 0.500. The van der Waals surface area contributed by atoms with E-state index in [4.69, 9.17) is 0 Å². The van der Waals surface area contributed by atoms with E-state index in [9.17, 15) is 0 Å². The first kappa shape index (κ1) is 12.8. The van der Waals surface area contributed by atoms with Crippen molar-refractivity contribution >= 4 is 6.21 Å². The van der Waals surface area contributed by atoms with Gasteiger partial charge in [0.15, 0.2) is 0 Å². The maximum atomic E-state index is 4.12. The van der Waals surface area contributed by atoms with Gasteiger partial charge in [-0.3, -0.25) is 4.99 Å². The van der Waals surface area contributed by atoms with Gasteiger partial charge in [-0.15, -0.1) is 0 Å². The van der Waals surface area contributed by atoms with Crippen molar-refractivity contribution in [2.24, 2.45) is 10.9 Å². The van der Waals surface area contributed by atoms with E-state index in [2.05, 4.69) is 24.1 Å². The first-order chi connectivity index (χ1) is 5.29. The van der Waals surface area contributed by atoms with Gasteiger partial charge in [-0.05, 0) is 13.1 Å². The van der Waals surface area contributed by atoms with Crippen molar-refractivity contribution in [1.29, 1.82) is 0 Å². The van der Waals surface area contributed by atoms with Crippen molar-refractivity contribution in [3.05, 3.63) is 23.9 Å². The predicted octanol–water partition coefficient (Wildman–Crippen LogP) is 3.00. The van der Waals surface area contributed by atoms with E-state index in [0.29, 0.717) is 5.92 Å². The van der Waals surface area contributed by atoms with E-state index < -0.39 is 0 Å². The molecule has 0 radical (unpaired) electrons. The molecule has 0 spiro atoms. The number of aliphatic imine (C=N–C) groups is 1. The van der Waals surface area contributed by atoms with Crippen molar-refractivity contribution in [3.8, 4) is 0 Å². The molecule has 1 heterocycles. The van der Waals surface area contributed by atoms with E-state index in [0.717, 1.165) is 5.70 Å². The van der Waals surface area contributed by atoms with Crippen LogP contribution in [-0.4, -0.2) is 6.21 Å². The normalized spacial score (nSPS) is 19.7. The molecule has 64 valence electrons. The van der Waals surface area contributed by atoms with Gasteiger partial charge in [0, 0.05) is 0 Å². The molecule has 12 heavy (non-hydrogen) atoms. The van der Waals surface area contributed by atoms with Crippen LogP contribution in [0.25, 0.3) is 0 Å². The molecule has 1 aliphatic rings. The van der Waals surface area contributed by atoms with Crippen LogP contribution in [-0.2, 0) is 0 Å². The molecule has 0 bridgehead atoms. The molecule has 0 N–H and O–H groups in total.